The van der Waals surface area contributed by atoms with E-state index < -0.39 is 24.1 Å². The first-order valence-electron chi connectivity index (χ1n) is 12.7. The zero-order chi connectivity index (χ0) is 22.7. The van der Waals surface area contributed by atoms with Gasteiger partial charge in [-0.15, -0.1) is 0 Å². The second kappa shape index (κ2) is 10.4. The lowest BCUT2D eigenvalue weighted by Gasteiger charge is -2.34. The van der Waals surface area contributed by atoms with Crippen molar-refractivity contribution in [1.82, 2.24) is 16.0 Å². The maximum Gasteiger partial charge on any atom is 0.326 e. The van der Waals surface area contributed by atoms with Gasteiger partial charge in [0, 0.05) is 12.1 Å². The van der Waals surface area contributed by atoms with Crippen LogP contribution in [0.2, 0.25) is 0 Å². The van der Waals surface area contributed by atoms with Crippen LogP contribution in [0.4, 0.5) is 4.79 Å². The summed E-state index contributed by atoms with van der Waals surface area (Å²) in [7, 11) is 0. The molecule has 3 amide bonds. The molecule has 4 aliphatic rings. The molecule has 6 N–H and O–H groups in total. The molecule has 180 valence electrons. The third-order valence-corrected chi connectivity index (χ3v) is 8.43. The quantitative estimate of drug-likeness (QED) is 0.370. The molecule has 4 saturated carbocycles. The summed E-state index contributed by atoms with van der Waals surface area (Å²) < 4.78 is 0. The van der Waals surface area contributed by atoms with Crippen molar-refractivity contribution in [3.05, 3.63) is 0 Å². The first-order valence-corrected chi connectivity index (χ1v) is 12.7. The van der Waals surface area contributed by atoms with E-state index >= 15 is 0 Å². The minimum atomic E-state index is -1.05. The number of urea groups is 1. The van der Waals surface area contributed by atoms with Crippen LogP contribution >= 0.6 is 0 Å². The fourth-order valence-electron chi connectivity index (χ4n) is 6.59. The van der Waals surface area contributed by atoms with Crippen LogP contribution in [-0.4, -0.2) is 47.2 Å². The SMILES string of the molecule is N[C@H]1C[C@H](CC(NC(=O)N[C@H](CC2CCCCC2)C(=O)NC2CC3CCC2C3)C(=O)O)C1. The Morgan fingerprint density at radius 2 is 1.53 bits per heavy atom. The number of nitrogens with one attached hydrogen (secondary N) is 3. The van der Waals surface area contributed by atoms with Gasteiger partial charge in [-0.25, -0.2) is 9.59 Å². The van der Waals surface area contributed by atoms with Gasteiger partial charge in [-0.05, 0) is 68.6 Å². The first kappa shape index (κ1) is 23.3. The van der Waals surface area contributed by atoms with Crippen LogP contribution in [0.15, 0.2) is 0 Å². The van der Waals surface area contributed by atoms with E-state index in [1.165, 1.54) is 38.5 Å². The number of aliphatic carboxylic acids is 1. The maximum atomic E-state index is 13.2. The van der Waals surface area contributed by atoms with Crippen LogP contribution in [0.25, 0.3) is 0 Å². The van der Waals surface area contributed by atoms with Crippen LogP contribution in [0.3, 0.4) is 0 Å². The highest BCUT2D eigenvalue weighted by molar-refractivity contribution is 5.89. The molecule has 2 bridgehead atoms. The Labute approximate surface area is 190 Å². The van der Waals surface area contributed by atoms with Gasteiger partial charge in [-0.1, -0.05) is 38.5 Å². The normalized spacial score (nSPS) is 33.7. The van der Waals surface area contributed by atoms with Gasteiger partial charge in [0.05, 0.1) is 0 Å². The molecule has 4 rings (SSSR count). The van der Waals surface area contributed by atoms with Gasteiger partial charge in [0.15, 0.2) is 0 Å². The molecule has 0 radical (unpaired) electrons. The minimum Gasteiger partial charge on any atom is -0.480 e. The summed E-state index contributed by atoms with van der Waals surface area (Å²) in [6.07, 6.45) is 13.0. The smallest absolute Gasteiger partial charge is 0.326 e. The van der Waals surface area contributed by atoms with Gasteiger partial charge in [0.1, 0.15) is 12.1 Å². The number of amides is 3. The number of hydrogen-bond donors (Lipinski definition) is 5. The molecular formula is C24H40N4O4. The molecular weight excluding hydrogens is 408 g/mol. The Kier molecular flexibility index (Phi) is 7.59. The summed E-state index contributed by atoms with van der Waals surface area (Å²) in [4.78, 5) is 37.6. The number of carboxylic acid groups (broad SMARTS) is 1. The van der Waals surface area contributed by atoms with Crippen molar-refractivity contribution in [3.8, 4) is 0 Å². The number of carboxylic acids is 1. The zero-order valence-corrected chi connectivity index (χ0v) is 19.1. The Hall–Kier alpha value is -1.83. The van der Waals surface area contributed by atoms with E-state index in [2.05, 4.69) is 16.0 Å². The monoisotopic (exact) mass is 448 g/mol. The van der Waals surface area contributed by atoms with Gasteiger partial charge < -0.3 is 26.8 Å². The predicted octanol–water partition coefficient (Wildman–Crippen LogP) is 2.51. The van der Waals surface area contributed by atoms with E-state index in [0.717, 1.165) is 38.0 Å². The molecule has 4 aliphatic carbocycles. The highest BCUT2D eigenvalue weighted by Gasteiger charge is 2.41. The van der Waals surface area contributed by atoms with E-state index in [4.69, 9.17) is 5.73 Å². The third kappa shape index (κ3) is 5.94. The molecule has 0 heterocycles. The maximum absolute atomic E-state index is 13.2. The molecule has 0 saturated heterocycles. The van der Waals surface area contributed by atoms with Gasteiger partial charge in [-0.2, -0.15) is 0 Å². The molecule has 0 aromatic carbocycles. The van der Waals surface area contributed by atoms with Gasteiger partial charge in [0.2, 0.25) is 5.91 Å². The summed E-state index contributed by atoms with van der Waals surface area (Å²) in [5.41, 5.74) is 5.81. The van der Waals surface area contributed by atoms with E-state index in [1.807, 2.05) is 0 Å². The highest BCUT2D eigenvalue weighted by atomic mass is 16.4. The van der Waals surface area contributed by atoms with E-state index in [0.29, 0.717) is 24.7 Å². The van der Waals surface area contributed by atoms with Crippen molar-refractivity contribution in [3.63, 3.8) is 0 Å². The van der Waals surface area contributed by atoms with Gasteiger partial charge >= 0.3 is 12.0 Å². The number of nitrogens with two attached hydrogens (primary N) is 1. The van der Waals surface area contributed by atoms with E-state index in [1.54, 1.807) is 0 Å². The van der Waals surface area contributed by atoms with Crippen molar-refractivity contribution in [2.45, 2.75) is 108 Å². The van der Waals surface area contributed by atoms with Crippen molar-refractivity contribution in [2.24, 2.45) is 29.4 Å². The van der Waals surface area contributed by atoms with Crippen molar-refractivity contribution in [1.29, 1.82) is 0 Å². The van der Waals surface area contributed by atoms with E-state index in [9.17, 15) is 19.5 Å². The molecule has 4 unspecified atom stereocenters. The number of carbonyl (C=O) groups excluding carboxylic acids is 2. The summed E-state index contributed by atoms with van der Waals surface area (Å²) in [6.45, 7) is 0. The fourth-order valence-corrected chi connectivity index (χ4v) is 6.59. The average molecular weight is 449 g/mol. The van der Waals surface area contributed by atoms with Crippen LogP contribution in [-0.2, 0) is 9.59 Å². The number of fused-ring (bicyclic) bond motifs is 2. The van der Waals surface area contributed by atoms with Crippen LogP contribution in [0.5, 0.6) is 0 Å². The lowest BCUT2D eigenvalue weighted by Crippen LogP contribution is -2.56. The lowest BCUT2D eigenvalue weighted by atomic mass is 9.77. The molecule has 8 nitrogen and oxygen atoms in total. The van der Waals surface area contributed by atoms with Crippen LogP contribution < -0.4 is 21.7 Å². The number of rotatable bonds is 9. The highest BCUT2D eigenvalue weighted by Crippen LogP contribution is 2.44. The minimum absolute atomic E-state index is 0.111. The molecule has 0 spiro atoms. The van der Waals surface area contributed by atoms with Crippen molar-refractivity contribution < 1.29 is 19.5 Å². The van der Waals surface area contributed by atoms with Crippen LogP contribution in [0.1, 0.15) is 83.5 Å². The van der Waals surface area contributed by atoms with Crippen molar-refractivity contribution in [2.75, 3.05) is 0 Å². The van der Waals surface area contributed by atoms with Crippen molar-refractivity contribution >= 4 is 17.9 Å². The number of hydrogen-bond acceptors (Lipinski definition) is 4. The summed E-state index contributed by atoms with van der Waals surface area (Å²) in [5, 5.41) is 18.2. The largest absolute Gasteiger partial charge is 0.480 e. The Balaban J connectivity index is 1.34. The predicted molar refractivity (Wildman–Crippen MR) is 121 cm³/mol. The molecule has 8 heteroatoms. The van der Waals surface area contributed by atoms with E-state index in [-0.39, 0.29) is 23.9 Å². The molecule has 32 heavy (non-hydrogen) atoms. The Bertz CT molecular complexity index is 689. The zero-order valence-electron chi connectivity index (χ0n) is 19.1. The average Bonchev–Trinajstić information content (AvgIpc) is 3.35. The molecule has 0 aromatic heterocycles. The Morgan fingerprint density at radius 3 is 2.12 bits per heavy atom. The molecule has 0 aromatic rings. The first-order chi connectivity index (χ1) is 15.4. The Morgan fingerprint density at radius 1 is 0.844 bits per heavy atom. The molecule has 4 fully saturated rings. The molecule has 5 atom stereocenters. The molecule has 0 aliphatic heterocycles. The third-order valence-electron chi connectivity index (χ3n) is 8.43. The van der Waals surface area contributed by atoms with Gasteiger partial charge in [0.25, 0.3) is 0 Å². The lowest BCUT2D eigenvalue weighted by molar-refractivity contribution is -0.139. The number of carbonyl (C=O) groups is 3. The second-order valence-corrected chi connectivity index (χ2v) is 10.9. The second-order valence-electron chi connectivity index (χ2n) is 10.9. The topological polar surface area (TPSA) is 134 Å². The fraction of sp³-hybridized carbons (Fsp3) is 0.875. The summed E-state index contributed by atoms with van der Waals surface area (Å²) in [6, 6.07) is -1.79. The van der Waals surface area contributed by atoms with Gasteiger partial charge in [-0.3, -0.25) is 4.79 Å². The standard InChI is InChI=1S/C24H40N4O4/c25-18-9-16(10-18)13-21(23(30)31)28-24(32)27-20(11-14-4-2-1-3-5-14)22(29)26-19-12-15-6-7-17(19)8-15/h14-21H,1-13,25H2,(H,26,29)(H,30,31)(H2,27,28,32)/t15?,16-,17?,18-,19?,20-,21?/m1/s1. The summed E-state index contributed by atoms with van der Waals surface area (Å²) >= 11 is 0. The van der Waals surface area contributed by atoms with Crippen LogP contribution in [0, 0.1) is 23.7 Å². The summed E-state index contributed by atoms with van der Waals surface area (Å²) in [5.74, 6) is 0.792.